The van der Waals surface area contributed by atoms with Gasteiger partial charge in [0.1, 0.15) is 23.8 Å². The highest BCUT2D eigenvalue weighted by molar-refractivity contribution is 5.68. The van der Waals surface area contributed by atoms with Crippen molar-refractivity contribution in [3.8, 4) is 0 Å². The molecule has 108 valence electrons. The van der Waals surface area contributed by atoms with Crippen LogP contribution in [0.2, 0.25) is 0 Å². The van der Waals surface area contributed by atoms with E-state index in [0.29, 0.717) is 11.2 Å². The van der Waals surface area contributed by atoms with Gasteiger partial charge in [-0.1, -0.05) is 0 Å². The predicted molar refractivity (Wildman–Crippen MR) is 65.4 cm³/mol. The summed E-state index contributed by atoms with van der Waals surface area (Å²) in [5, 5.41) is 36.8. The molecule has 20 heavy (non-hydrogen) atoms. The first-order chi connectivity index (χ1) is 9.54. The molecule has 0 aromatic carbocycles. The summed E-state index contributed by atoms with van der Waals surface area (Å²) in [6, 6.07) is 0. The quantitative estimate of drug-likeness (QED) is 0.497. The Kier molecular flexibility index (Phi) is 3.05. The average molecular weight is 281 g/mol. The van der Waals surface area contributed by atoms with Gasteiger partial charge in [0.2, 0.25) is 0 Å². The van der Waals surface area contributed by atoms with Gasteiger partial charge in [-0.2, -0.15) is 0 Å². The highest BCUT2D eigenvalue weighted by atomic mass is 16.6. The standard InChI is InChI=1S/C11H15N5O4/c1-15-3-14-10-6(9(15)12)13-4-16(10)11-8(19)7(18)5(2-17)20-11/h3-5,7-8,11-12,17-19H,2H2,1H3/t5-,7-,8-,11+/m0/s1. The van der Waals surface area contributed by atoms with Crippen LogP contribution in [0.15, 0.2) is 12.7 Å². The van der Waals surface area contributed by atoms with Crippen molar-refractivity contribution in [1.29, 1.82) is 5.41 Å². The second-order valence-corrected chi connectivity index (χ2v) is 4.76. The van der Waals surface area contributed by atoms with Crippen LogP contribution < -0.4 is 5.49 Å². The molecule has 0 spiro atoms. The monoisotopic (exact) mass is 281 g/mol. The number of hydrogen-bond donors (Lipinski definition) is 4. The summed E-state index contributed by atoms with van der Waals surface area (Å²) in [5.41, 5.74) is 0.927. The number of aryl methyl sites for hydroxylation is 1. The number of nitrogens with zero attached hydrogens (tertiary/aromatic N) is 4. The van der Waals surface area contributed by atoms with Crippen LogP contribution in [0.4, 0.5) is 0 Å². The SMILES string of the molecule is Cn1cnc2c(ncn2[C@@H]2O[C@@H](CO)[C@H](O)[C@@H]2O)c1=N. The van der Waals surface area contributed by atoms with Crippen LogP contribution >= 0.6 is 0 Å². The first-order valence-electron chi connectivity index (χ1n) is 6.09. The fourth-order valence-electron chi connectivity index (χ4n) is 2.31. The predicted octanol–water partition coefficient (Wildman–Crippen LogP) is -2.14. The van der Waals surface area contributed by atoms with E-state index in [2.05, 4.69) is 9.97 Å². The van der Waals surface area contributed by atoms with Crippen molar-refractivity contribution in [3.63, 3.8) is 0 Å². The van der Waals surface area contributed by atoms with Crippen molar-refractivity contribution in [1.82, 2.24) is 19.1 Å². The number of ether oxygens (including phenoxy) is 1. The fourth-order valence-corrected chi connectivity index (χ4v) is 2.31. The summed E-state index contributed by atoms with van der Waals surface area (Å²) in [6.45, 7) is -0.395. The van der Waals surface area contributed by atoms with Crippen LogP contribution in [-0.4, -0.2) is 59.3 Å². The molecule has 0 radical (unpaired) electrons. The van der Waals surface area contributed by atoms with Crippen molar-refractivity contribution < 1.29 is 20.1 Å². The van der Waals surface area contributed by atoms with Gasteiger partial charge >= 0.3 is 0 Å². The lowest BCUT2D eigenvalue weighted by Gasteiger charge is -2.16. The molecule has 9 heteroatoms. The highest BCUT2D eigenvalue weighted by Crippen LogP contribution is 2.30. The molecule has 4 atom stereocenters. The summed E-state index contributed by atoms with van der Waals surface area (Å²) in [6.07, 6.45) is -1.28. The molecule has 2 aromatic rings. The lowest BCUT2D eigenvalue weighted by atomic mass is 10.1. The lowest BCUT2D eigenvalue weighted by Crippen LogP contribution is -2.33. The molecule has 1 aliphatic rings. The Morgan fingerprint density at radius 1 is 1.30 bits per heavy atom. The highest BCUT2D eigenvalue weighted by Gasteiger charge is 2.43. The van der Waals surface area contributed by atoms with Crippen LogP contribution in [0, 0.1) is 5.41 Å². The van der Waals surface area contributed by atoms with Crippen LogP contribution in [0.25, 0.3) is 11.2 Å². The van der Waals surface area contributed by atoms with E-state index >= 15 is 0 Å². The molecule has 4 N–H and O–H groups in total. The van der Waals surface area contributed by atoms with E-state index in [4.69, 9.17) is 15.3 Å². The maximum Gasteiger partial charge on any atom is 0.167 e. The Morgan fingerprint density at radius 3 is 2.70 bits per heavy atom. The summed E-state index contributed by atoms with van der Waals surface area (Å²) in [4.78, 5) is 8.26. The Hall–Kier alpha value is -1.81. The van der Waals surface area contributed by atoms with Crippen LogP contribution in [0.1, 0.15) is 6.23 Å². The molecule has 0 amide bonds. The summed E-state index contributed by atoms with van der Waals surface area (Å²) < 4.78 is 8.39. The molecule has 0 saturated carbocycles. The van der Waals surface area contributed by atoms with E-state index in [-0.39, 0.29) is 5.49 Å². The third-order valence-electron chi connectivity index (χ3n) is 3.49. The molecule has 3 heterocycles. The van der Waals surface area contributed by atoms with E-state index in [9.17, 15) is 10.2 Å². The Balaban J connectivity index is 2.08. The second kappa shape index (κ2) is 4.63. The summed E-state index contributed by atoms with van der Waals surface area (Å²) in [5.74, 6) is 0. The molecule has 1 saturated heterocycles. The van der Waals surface area contributed by atoms with E-state index in [1.165, 1.54) is 21.8 Å². The molecule has 0 unspecified atom stereocenters. The van der Waals surface area contributed by atoms with Gasteiger partial charge in [0.15, 0.2) is 17.4 Å². The molecular weight excluding hydrogens is 266 g/mol. The maximum absolute atomic E-state index is 10.00. The van der Waals surface area contributed by atoms with Gasteiger partial charge in [0.25, 0.3) is 0 Å². The van der Waals surface area contributed by atoms with Gasteiger partial charge in [-0.05, 0) is 0 Å². The molecule has 0 aliphatic carbocycles. The van der Waals surface area contributed by atoms with Gasteiger partial charge in [-0.15, -0.1) is 0 Å². The Labute approximate surface area is 113 Å². The van der Waals surface area contributed by atoms with Crippen molar-refractivity contribution >= 4 is 11.2 Å². The fraction of sp³-hybridized carbons (Fsp3) is 0.545. The number of rotatable bonds is 2. The zero-order valence-corrected chi connectivity index (χ0v) is 10.7. The second-order valence-electron chi connectivity index (χ2n) is 4.76. The van der Waals surface area contributed by atoms with Crippen molar-refractivity contribution in [2.45, 2.75) is 24.5 Å². The van der Waals surface area contributed by atoms with Gasteiger partial charge in [0, 0.05) is 7.05 Å². The molecular formula is C11H15N5O4. The largest absolute Gasteiger partial charge is 0.394 e. The molecule has 0 bridgehead atoms. The molecule has 3 rings (SSSR count). The number of aliphatic hydroxyl groups excluding tert-OH is 3. The van der Waals surface area contributed by atoms with Crippen molar-refractivity contribution in [3.05, 3.63) is 18.1 Å². The van der Waals surface area contributed by atoms with Crippen molar-refractivity contribution in [2.75, 3.05) is 6.61 Å². The van der Waals surface area contributed by atoms with E-state index < -0.39 is 31.1 Å². The first-order valence-corrected chi connectivity index (χ1v) is 6.09. The third kappa shape index (κ3) is 1.75. The van der Waals surface area contributed by atoms with Gasteiger partial charge in [0.05, 0.1) is 19.3 Å². The Bertz CT molecular complexity index is 696. The number of aromatic nitrogens is 4. The first kappa shape index (κ1) is 13.2. The smallest absolute Gasteiger partial charge is 0.167 e. The minimum absolute atomic E-state index is 0.181. The van der Waals surface area contributed by atoms with Gasteiger partial charge in [-0.3, -0.25) is 9.98 Å². The van der Waals surface area contributed by atoms with Gasteiger partial charge < -0.3 is 24.6 Å². The minimum atomic E-state index is -1.20. The lowest BCUT2D eigenvalue weighted by molar-refractivity contribution is -0.0511. The number of aliphatic hydroxyl groups is 3. The third-order valence-corrected chi connectivity index (χ3v) is 3.49. The van der Waals surface area contributed by atoms with Crippen LogP contribution in [-0.2, 0) is 11.8 Å². The number of hydrogen-bond acceptors (Lipinski definition) is 7. The van der Waals surface area contributed by atoms with E-state index in [1.807, 2.05) is 0 Å². The zero-order chi connectivity index (χ0) is 14.4. The topological polar surface area (TPSA) is 129 Å². The van der Waals surface area contributed by atoms with E-state index in [0.717, 1.165) is 0 Å². The summed E-state index contributed by atoms with van der Waals surface area (Å²) in [7, 11) is 1.68. The van der Waals surface area contributed by atoms with Gasteiger partial charge in [-0.25, -0.2) is 9.97 Å². The summed E-state index contributed by atoms with van der Waals surface area (Å²) >= 11 is 0. The number of fused-ring (bicyclic) bond motifs is 1. The number of imidazole rings is 1. The molecule has 1 fully saturated rings. The number of nitrogens with one attached hydrogen (secondary N) is 1. The molecule has 9 nitrogen and oxygen atoms in total. The molecule has 2 aromatic heterocycles. The minimum Gasteiger partial charge on any atom is -0.394 e. The van der Waals surface area contributed by atoms with Crippen LogP contribution in [0.3, 0.4) is 0 Å². The van der Waals surface area contributed by atoms with Crippen molar-refractivity contribution in [2.24, 2.45) is 7.05 Å². The average Bonchev–Trinajstić information content (AvgIpc) is 2.98. The Morgan fingerprint density at radius 2 is 2.05 bits per heavy atom. The zero-order valence-electron chi connectivity index (χ0n) is 10.7. The van der Waals surface area contributed by atoms with E-state index in [1.54, 1.807) is 7.05 Å². The maximum atomic E-state index is 10.00. The normalized spacial score (nSPS) is 30.2. The van der Waals surface area contributed by atoms with Crippen LogP contribution in [0.5, 0.6) is 0 Å². The molecule has 1 aliphatic heterocycles.